The number of amides is 1. The summed E-state index contributed by atoms with van der Waals surface area (Å²) in [5.74, 6) is -0.350. The number of halogens is 3. The summed E-state index contributed by atoms with van der Waals surface area (Å²) in [7, 11) is 0. The Morgan fingerprint density at radius 3 is 2.72 bits per heavy atom. The van der Waals surface area contributed by atoms with E-state index in [1.165, 1.54) is 18.5 Å². The topological polar surface area (TPSA) is 102 Å². The van der Waals surface area contributed by atoms with Crippen molar-refractivity contribution in [3.05, 3.63) is 53.4 Å². The van der Waals surface area contributed by atoms with Crippen LogP contribution in [0.2, 0.25) is 0 Å². The summed E-state index contributed by atoms with van der Waals surface area (Å²) in [6, 6.07) is 2.26. The normalized spacial score (nSPS) is 19.9. The first-order valence-corrected chi connectivity index (χ1v) is 10.1. The Kier molecular flexibility index (Phi) is 5.63. The standard InChI is InChI=1S/C21H22F3N5O3/c1-3-29-16-5-4-13(21(22,23)24)8-14(16)27-18(29)17(20(31)6-7-32-11-20)28-19(30)15-10-25-12(2)9-26-15/h4-5,8-10,17,31H,3,6-7,11H2,1-2H3,(H,28,30)/t17-,20+/m1/s1. The molecule has 3 aromatic rings. The second-order valence-corrected chi connectivity index (χ2v) is 7.77. The Labute approximate surface area is 181 Å². The molecule has 1 aliphatic heterocycles. The Morgan fingerprint density at radius 2 is 2.12 bits per heavy atom. The molecule has 0 spiro atoms. The highest BCUT2D eigenvalue weighted by Gasteiger charge is 2.45. The molecule has 3 heterocycles. The third-order valence-corrected chi connectivity index (χ3v) is 5.54. The quantitative estimate of drug-likeness (QED) is 0.621. The van der Waals surface area contributed by atoms with Gasteiger partial charge >= 0.3 is 6.18 Å². The zero-order valence-corrected chi connectivity index (χ0v) is 17.5. The van der Waals surface area contributed by atoms with Crippen molar-refractivity contribution >= 4 is 16.9 Å². The van der Waals surface area contributed by atoms with E-state index in [4.69, 9.17) is 4.74 Å². The van der Waals surface area contributed by atoms with Crippen LogP contribution in [-0.4, -0.2) is 49.3 Å². The summed E-state index contributed by atoms with van der Waals surface area (Å²) in [6.07, 6.45) is -1.54. The van der Waals surface area contributed by atoms with Gasteiger partial charge in [-0.3, -0.25) is 9.78 Å². The van der Waals surface area contributed by atoms with E-state index in [0.29, 0.717) is 17.8 Å². The summed E-state index contributed by atoms with van der Waals surface area (Å²) < 4.78 is 46.6. The van der Waals surface area contributed by atoms with Gasteiger partial charge in [0.05, 0.1) is 35.1 Å². The van der Waals surface area contributed by atoms with Crippen LogP contribution in [0.5, 0.6) is 0 Å². The van der Waals surface area contributed by atoms with Gasteiger partial charge in [0.25, 0.3) is 5.91 Å². The number of aryl methyl sites for hydroxylation is 2. The lowest BCUT2D eigenvalue weighted by Crippen LogP contribution is -2.48. The molecule has 1 fully saturated rings. The Bertz CT molecular complexity index is 1140. The number of nitrogens with one attached hydrogen (secondary N) is 1. The average Bonchev–Trinajstić information content (AvgIpc) is 3.35. The first kappa shape index (κ1) is 22.2. The van der Waals surface area contributed by atoms with Gasteiger partial charge in [-0.05, 0) is 32.0 Å². The summed E-state index contributed by atoms with van der Waals surface area (Å²) in [5, 5.41) is 14.0. The maximum atomic E-state index is 13.2. The van der Waals surface area contributed by atoms with Crippen molar-refractivity contribution in [3.8, 4) is 0 Å². The fourth-order valence-electron chi connectivity index (χ4n) is 3.83. The van der Waals surface area contributed by atoms with Crippen LogP contribution >= 0.6 is 0 Å². The predicted molar refractivity (Wildman–Crippen MR) is 108 cm³/mol. The van der Waals surface area contributed by atoms with E-state index in [1.54, 1.807) is 11.5 Å². The van der Waals surface area contributed by atoms with E-state index in [1.807, 2.05) is 6.92 Å². The third kappa shape index (κ3) is 4.05. The van der Waals surface area contributed by atoms with Gasteiger partial charge in [-0.2, -0.15) is 13.2 Å². The molecule has 0 unspecified atom stereocenters. The second kappa shape index (κ2) is 8.14. The number of rotatable bonds is 5. The molecule has 0 saturated carbocycles. The van der Waals surface area contributed by atoms with Gasteiger partial charge in [0.15, 0.2) is 0 Å². The lowest BCUT2D eigenvalue weighted by atomic mass is 9.92. The molecule has 2 atom stereocenters. The van der Waals surface area contributed by atoms with Crippen molar-refractivity contribution in [1.29, 1.82) is 0 Å². The number of hydrogen-bond acceptors (Lipinski definition) is 6. The number of aliphatic hydroxyl groups is 1. The zero-order valence-electron chi connectivity index (χ0n) is 17.5. The van der Waals surface area contributed by atoms with Crippen LogP contribution in [0.1, 0.15) is 47.0 Å². The van der Waals surface area contributed by atoms with E-state index in [0.717, 1.165) is 12.1 Å². The number of fused-ring (bicyclic) bond motifs is 1. The molecule has 0 bridgehead atoms. The van der Waals surface area contributed by atoms with E-state index in [-0.39, 0.29) is 36.7 Å². The molecule has 4 rings (SSSR count). The lowest BCUT2D eigenvalue weighted by Gasteiger charge is -2.31. The first-order valence-electron chi connectivity index (χ1n) is 10.1. The highest BCUT2D eigenvalue weighted by molar-refractivity contribution is 5.92. The van der Waals surface area contributed by atoms with Crippen molar-refractivity contribution in [1.82, 2.24) is 24.8 Å². The van der Waals surface area contributed by atoms with Gasteiger partial charge in [-0.25, -0.2) is 9.97 Å². The van der Waals surface area contributed by atoms with Crippen molar-refractivity contribution in [3.63, 3.8) is 0 Å². The fourth-order valence-corrected chi connectivity index (χ4v) is 3.83. The fraction of sp³-hybridized carbons (Fsp3) is 0.429. The number of carbonyl (C=O) groups is 1. The van der Waals surface area contributed by atoms with Gasteiger partial charge in [0, 0.05) is 25.8 Å². The van der Waals surface area contributed by atoms with E-state index < -0.39 is 29.3 Å². The van der Waals surface area contributed by atoms with E-state index >= 15 is 0 Å². The highest BCUT2D eigenvalue weighted by Crippen LogP contribution is 2.36. The second-order valence-electron chi connectivity index (χ2n) is 7.77. The molecule has 11 heteroatoms. The van der Waals surface area contributed by atoms with Crippen LogP contribution in [0.4, 0.5) is 13.2 Å². The molecule has 2 aromatic heterocycles. The first-order chi connectivity index (χ1) is 15.1. The molecule has 2 N–H and O–H groups in total. The molecule has 170 valence electrons. The van der Waals surface area contributed by atoms with Gasteiger partial charge < -0.3 is 19.7 Å². The number of alkyl halides is 3. The maximum Gasteiger partial charge on any atom is 0.416 e. The van der Waals surface area contributed by atoms with Crippen molar-refractivity contribution in [2.75, 3.05) is 13.2 Å². The van der Waals surface area contributed by atoms with Gasteiger partial charge in [0.1, 0.15) is 23.2 Å². The van der Waals surface area contributed by atoms with Crippen LogP contribution in [0.15, 0.2) is 30.6 Å². The number of aromatic nitrogens is 4. The molecule has 32 heavy (non-hydrogen) atoms. The largest absolute Gasteiger partial charge is 0.416 e. The number of hydrogen-bond donors (Lipinski definition) is 2. The van der Waals surface area contributed by atoms with Crippen molar-refractivity contribution in [2.45, 2.75) is 44.6 Å². The molecule has 0 radical (unpaired) electrons. The summed E-state index contributed by atoms with van der Waals surface area (Å²) in [4.78, 5) is 25.4. The van der Waals surface area contributed by atoms with E-state index in [2.05, 4.69) is 20.3 Å². The molecule has 1 amide bonds. The van der Waals surface area contributed by atoms with E-state index in [9.17, 15) is 23.1 Å². The Hall–Kier alpha value is -3.05. The molecular weight excluding hydrogens is 427 g/mol. The van der Waals surface area contributed by atoms with Crippen LogP contribution < -0.4 is 5.32 Å². The average molecular weight is 449 g/mol. The minimum absolute atomic E-state index is 0.0432. The minimum atomic E-state index is -4.51. The summed E-state index contributed by atoms with van der Waals surface area (Å²) in [6.45, 7) is 4.12. The van der Waals surface area contributed by atoms with Gasteiger partial charge in [-0.1, -0.05) is 0 Å². The smallest absolute Gasteiger partial charge is 0.385 e. The molecule has 1 aromatic carbocycles. The number of imidazole rings is 1. The maximum absolute atomic E-state index is 13.2. The monoisotopic (exact) mass is 449 g/mol. The summed E-state index contributed by atoms with van der Waals surface area (Å²) in [5.41, 5.74) is -1.05. The van der Waals surface area contributed by atoms with Crippen molar-refractivity contribution < 1.29 is 27.8 Å². The molecule has 1 saturated heterocycles. The minimum Gasteiger partial charge on any atom is -0.385 e. The Balaban J connectivity index is 1.80. The molecular formula is C21H22F3N5O3. The van der Waals surface area contributed by atoms with Crippen LogP contribution in [-0.2, 0) is 17.5 Å². The number of nitrogens with zero attached hydrogens (tertiary/aromatic N) is 4. The van der Waals surface area contributed by atoms with Gasteiger partial charge in [-0.15, -0.1) is 0 Å². The number of ether oxygens (including phenoxy) is 1. The molecule has 8 nitrogen and oxygen atoms in total. The zero-order chi connectivity index (χ0) is 23.1. The van der Waals surface area contributed by atoms with Crippen LogP contribution in [0.3, 0.4) is 0 Å². The Morgan fingerprint density at radius 1 is 1.34 bits per heavy atom. The van der Waals surface area contributed by atoms with Crippen LogP contribution in [0.25, 0.3) is 11.0 Å². The highest BCUT2D eigenvalue weighted by atomic mass is 19.4. The van der Waals surface area contributed by atoms with Crippen molar-refractivity contribution in [2.24, 2.45) is 0 Å². The number of carbonyl (C=O) groups excluding carboxylic acids is 1. The third-order valence-electron chi connectivity index (χ3n) is 5.54. The summed E-state index contributed by atoms with van der Waals surface area (Å²) >= 11 is 0. The predicted octanol–water partition coefficient (Wildman–Crippen LogP) is 2.80. The lowest BCUT2D eigenvalue weighted by molar-refractivity contribution is -0.137. The molecule has 1 aliphatic rings. The van der Waals surface area contributed by atoms with Crippen LogP contribution in [0, 0.1) is 6.92 Å². The van der Waals surface area contributed by atoms with Gasteiger partial charge in [0.2, 0.25) is 0 Å². The number of benzene rings is 1. The molecule has 0 aliphatic carbocycles. The SMILES string of the molecule is CCn1c([C@@H](NC(=O)c2cnc(C)cn2)[C@]2(O)CCOC2)nc2cc(C(F)(F)F)ccc21.